The van der Waals surface area contributed by atoms with Crippen molar-refractivity contribution in [1.29, 1.82) is 0 Å². The molecule has 1 N–H and O–H groups in total. The molecule has 0 heterocycles. The third-order valence-electron chi connectivity index (χ3n) is 0.787. The van der Waals surface area contributed by atoms with Crippen LogP contribution >= 0.6 is 0 Å². The first-order valence-electron chi connectivity index (χ1n) is 3.19. The van der Waals surface area contributed by atoms with Gasteiger partial charge in [0.25, 0.3) is 0 Å². The van der Waals surface area contributed by atoms with Crippen LogP contribution in [0.2, 0.25) is 0 Å². The first-order valence-corrected chi connectivity index (χ1v) is 4.53. The Morgan fingerprint density at radius 3 is 2.42 bits per heavy atom. The number of carbonyl (C=O) groups excluding carboxylic acids is 1. The SMILES string of the molecule is CCOS(=O)(=O)OC(=O)C(C)O. The molecule has 0 aliphatic rings. The summed E-state index contributed by atoms with van der Waals surface area (Å²) in [5, 5.41) is 8.56. The molecule has 0 aromatic rings. The standard InChI is InChI=1S/C5H10O6S/c1-3-10-12(8,9)11-5(7)4(2)6/h4,6H,3H2,1-2H3. The Morgan fingerprint density at radius 2 is 2.08 bits per heavy atom. The summed E-state index contributed by atoms with van der Waals surface area (Å²) >= 11 is 0. The van der Waals surface area contributed by atoms with Crippen LogP contribution in [0.15, 0.2) is 0 Å². The summed E-state index contributed by atoms with van der Waals surface area (Å²) in [4.78, 5) is 10.5. The summed E-state index contributed by atoms with van der Waals surface area (Å²) in [6.07, 6.45) is -1.49. The minimum Gasteiger partial charge on any atom is -0.382 e. The van der Waals surface area contributed by atoms with Crippen LogP contribution in [0.5, 0.6) is 0 Å². The topological polar surface area (TPSA) is 89.9 Å². The summed E-state index contributed by atoms with van der Waals surface area (Å²) in [5.74, 6) is -1.26. The Balaban J connectivity index is 4.17. The average Bonchev–Trinajstić information content (AvgIpc) is 1.85. The first-order chi connectivity index (χ1) is 5.39. The molecule has 0 aliphatic heterocycles. The van der Waals surface area contributed by atoms with Crippen molar-refractivity contribution < 1.29 is 26.7 Å². The maximum absolute atomic E-state index is 10.6. The van der Waals surface area contributed by atoms with Crippen LogP contribution in [0.25, 0.3) is 0 Å². The fourth-order valence-electron chi connectivity index (χ4n) is 0.339. The van der Waals surface area contributed by atoms with Gasteiger partial charge in [-0.3, -0.25) is 0 Å². The van der Waals surface area contributed by atoms with E-state index in [1.165, 1.54) is 6.92 Å². The minimum absolute atomic E-state index is 0.130. The Hall–Kier alpha value is -0.660. The Kier molecular flexibility index (Phi) is 4.15. The van der Waals surface area contributed by atoms with Gasteiger partial charge in [0, 0.05) is 0 Å². The van der Waals surface area contributed by atoms with Crippen molar-refractivity contribution in [2.45, 2.75) is 20.0 Å². The van der Waals surface area contributed by atoms with Gasteiger partial charge >= 0.3 is 16.4 Å². The molecule has 0 rings (SSSR count). The summed E-state index contributed by atoms with van der Waals surface area (Å²) in [5.41, 5.74) is 0. The number of aliphatic hydroxyl groups excluding tert-OH is 1. The molecule has 7 heteroatoms. The van der Waals surface area contributed by atoms with Crippen molar-refractivity contribution in [2.24, 2.45) is 0 Å². The first kappa shape index (κ1) is 11.3. The fourth-order valence-corrected chi connectivity index (χ4v) is 1.02. The highest BCUT2D eigenvalue weighted by Gasteiger charge is 2.20. The van der Waals surface area contributed by atoms with Gasteiger partial charge in [0.2, 0.25) is 0 Å². The molecule has 0 aromatic heterocycles. The van der Waals surface area contributed by atoms with Crippen LogP contribution in [0.3, 0.4) is 0 Å². The molecule has 1 unspecified atom stereocenters. The van der Waals surface area contributed by atoms with Gasteiger partial charge in [0.05, 0.1) is 6.61 Å². The molecular weight excluding hydrogens is 188 g/mol. The van der Waals surface area contributed by atoms with E-state index in [0.29, 0.717) is 0 Å². The maximum atomic E-state index is 10.6. The van der Waals surface area contributed by atoms with E-state index in [0.717, 1.165) is 6.92 Å². The van der Waals surface area contributed by atoms with E-state index in [9.17, 15) is 13.2 Å². The summed E-state index contributed by atoms with van der Waals surface area (Å²) < 4.78 is 29.0. The number of carbonyl (C=O) groups is 1. The smallest absolute Gasteiger partial charge is 0.382 e. The lowest BCUT2D eigenvalue weighted by atomic mass is 10.4. The predicted molar refractivity (Wildman–Crippen MR) is 38.3 cm³/mol. The second-order valence-electron chi connectivity index (χ2n) is 1.89. The molecule has 0 bridgehead atoms. The van der Waals surface area contributed by atoms with Crippen LogP contribution in [-0.4, -0.2) is 32.2 Å². The van der Waals surface area contributed by atoms with Gasteiger partial charge in [-0.1, -0.05) is 0 Å². The van der Waals surface area contributed by atoms with Gasteiger partial charge < -0.3 is 9.29 Å². The quantitative estimate of drug-likeness (QED) is 0.635. The summed E-state index contributed by atoms with van der Waals surface area (Å²) in [6.45, 7) is 2.38. The lowest BCUT2D eigenvalue weighted by Gasteiger charge is -2.04. The third kappa shape index (κ3) is 4.27. The summed E-state index contributed by atoms with van der Waals surface area (Å²) in [7, 11) is -4.29. The van der Waals surface area contributed by atoms with Gasteiger partial charge in [0.1, 0.15) is 6.10 Å². The molecule has 0 aromatic carbocycles. The molecule has 0 radical (unpaired) electrons. The van der Waals surface area contributed by atoms with Crippen LogP contribution in [0, 0.1) is 0 Å². The van der Waals surface area contributed by atoms with Gasteiger partial charge in [-0.2, -0.15) is 8.42 Å². The molecule has 0 spiro atoms. The van der Waals surface area contributed by atoms with Crippen molar-refractivity contribution in [1.82, 2.24) is 0 Å². The van der Waals surface area contributed by atoms with Crippen molar-refractivity contribution in [3.05, 3.63) is 0 Å². The maximum Gasteiger partial charge on any atom is 0.451 e. The molecule has 72 valence electrons. The zero-order valence-corrected chi connectivity index (χ0v) is 7.50. The molecule has 0 aliphatic carbocycles. The van der Waals surface area contributed by atoms with Crippen molar-refractivity contribution in [3.8, 4) is 0 Å². The number of hydrogen-bond donors (Lipinski definition) is 1. The second kappa shape index (κ2) is 4.39. The Morgan fingerprint density at radius 1 is 1.58 bits per heavy atom. The highest BCUT2D eigenvalue weighted by Crippen LogP contribution is 1.98. The zero-order valence-electron chi connectivity index (χ0n) is 6.68. The summed E-state index contributed by atoms with van der Waals surface area (Å²) in [6, 6.07) is 0. The van der Waals surface area contributed by atoms with E-state index in [4.69, 9.17) is 5.11 Å². The average molecular weight is 198 g/mol. The van der Waals surface area contributed by atoms with Crippen molar-refractivity contribution in [3.63, 3.8) is 0 Å². The lowest BCUT2D eigenvalue weighted by Crippen LogP contribution is -2.24. The van der Waals surface area contributed by atoms with Crippen LogP contribution in [0.1, 0.15) is 13.8 Å². The van der Waals surface area contributed by atoms with Crippen LogP contribution in [-0.2, 0) is 23.6 Å². The monoisotopic (exact) mass is 198 g/mol. The van der Waals surface area contributed by atoms with E-state index >= 15 is 0 Å². The highest BCUT2D eigenvalue weighted by atomic mass is 32.3. The number of hydrogen-bond acceptors (Lipinski definition) is 6. The Bertz CT molecular complexity index is 241. The molecular formula is C5H10O6S. The van der Waals surface area contributed by atoms with Crippen molar-refractivity contribution in [2.75, 3.05) is 6.61 Å². The molecule has 0 saturated heterocycles. The highest BCUT2D eigenvalue weighted by molar-refractivity contribution is 7.82. The van der Waals surface area contributed by atoms with E-state index in [-0.39, 0.29) is 6.61 Å². The number of rotatable bonds is 4. The van der Waals surface area contributed by atoms with Crippen molar-refractivity contribution >= 4 is 16.4 Å². The van der Waals surface area contributed by atoms with Gasteiger partial charge in [-0.25, -0.2) is 8.98 Å². The largest absolute Gasteiger partial charge is 0.451 e. The second-order valence-corrected chi connectivity index (χ2v) is 3.11. The molecule has 0 amide bonds. The number of aliphatic hydroxyl groups is 1. The van der Waals surface area contributed by atoms with Gasteiger partial charge in [-0.05, 0) is 13.8 Å². The fraction of sp³-hybridized carbons (Fsp3) is 0.800. The van der Waals surface area contributed by atoms with E-state index < -0.39 is 22.5 Å². The van der Waals surface area contributed by atoms with Crippen LogP contribution < -0.4 is 0 Å². The molecule has 1 atom stereocenters. The third-order valence-corrected chi connectivity index (χ3v) is 1.68. The normalized spacial score (nSPS) is 13.9. The predicted octanol–water partition coefficient (Wildman–Crippen LogP) is -0.808. The molecule has 0 fully saturated rings. The lowest BCUT2D eigenvalue weighted by molar-refractivity contribution is -0.142. The van der Waals surface area contributed by atoms with E-state index in [2.05, 4.69) is 8.37 Å². The molecule has 0 saturated carbocycles. The Labute approximate surface area is 70.4 Å². The molecule has 12 heavy (non-hydrogen) atoms. The van der Waals surface area contributed by atoms with Gasteiger partial charge in [0.15, 0.2) is 0 Å². The zero-order chi connectivity index (χ0) is 9.78. The van der Waals surface area contributed by atoms with Gasteiger partial charge in [-0.15, -0.1) is 0 Å². The minimum atomic E-state index is -4.29. The van der Waals surface area contributed by atoms with E-state index in [1.807, 2.05) is 0 Å². The van der Waals surface area contributed by atoms with Crippen LogP contribution in [0.4, 0.5) is 0 Å². The van der Waals surface area contributed by atoms with E-state index in [1.54, 1.807) is 0 Å². The molecule has 6 nitrogen and oxygen atoms in total.